The molecule has 1 fully saturated rings. The number of nitrogens with zero attached hydrogens (tertiary/aromatic N) is 1. The second kappa shape index (κ2) is 6.69. The Morgan fingerprint density at radius 3 is 2.86 bits per heavy atom. The summed E-state index contributed by atoms with van der Waals surface area (Å²) in [5, 5.41) is 4.62. The van der Waals surface area contributed by atoms with Crippen molar-refractivity contribution >= 4 is 11.3 Å². The van der Waals surface area contributed by atoms with Crippen LogP contribution in [0.4, 0.5) is 0 Å². The van der Waals surface area contributed by atoms with Gasteiger partial charge in [-0.3, -0.25) is 0 Å². The van der Waals surface area contributed by atoms with Gasteiger partial charge in [-0.1, -0.05) is 24.3 Å². The van der Waals surface area contributed by atoms with E-state index in [4.69, 9.17) is 9.72 Å². The third-order valence-corrected chi connectivity index (χ3v) is 4.94. The lowest BCUT2D eigenvalue weighted by Crippen LogP contribution is -2.18. The average molecular weight is 302 g/mol. The summed E-state index contributed by atoms with van der Waals surface area (Å²) >= 11 is 1.84. The van der Waals surface area contributed by atoms with Gasteiger partial charge in [0.25, 0.3) is 0 Å². The zero-order valence-corrected chi connectivity index (χ0v) is 13.5. The molecule has 0 spiro atoms. The highest BCUT2D eigenvalue weighted by Gasteiger charge is 2.29. The maximum Gasteiger partial charge on any atom is 0.124 e. The zero-order valence-electron chi connectivity index (χ0n) is 12.7. The van der Waals surface area contributed by atoms with Crippen LogP contribution >= 0.6 is 11.3 Å². The fourth-order valence-corrected chi connectivity index (χ4v) is 3.68. The highest BCUT2D eigenvalue weighted by molar-refractivity contribution is 7.15. The van der Waals surface area contributed by atoms with Gasteiger partial charge in [0.15, 0.2) is 0 Å². The molecule has 1 aromatic carbocycles. The Bertz CT molecular complexity index is 605. The van der Waals surface area contributed by atoms with Crippen molar-refractivity contribution in [3.63, 3.8) is 0 Å². The van der Waals surface area contributed by atoms with Crippen molar-refractivity contribution in [3.05, 3.63) is 40.4 Å². The summed E-state index contributed by atoms with van der Waals surface area (Å²) in [5.41, 5.74) is 3.89. The number of aryl methyl sites for hydroxylation is 1. The molecule has 1 heterocycles. The first-order chi connectivity index (χ1) is 10.3. The van der Waals surface area contributed by atoms with E-state index in [1.54, 1.807) is 7.11 Å². The van der Waals surface area contributed by atoms with Crippen molar-refractivity contribution in [2.45, 2.75) is 32.2 Å². The summed E-state index contributed by atoms with van der Waals surface area (Å²) < 4.78 is 5.09. The number of aromatic nitrogens is 1. The molecule has 0 radical (unpaired) electrons. The molecule has 0 amide bonds. The van der Waals surface area contributed by atoms with Crippen LogP contribution in [0.3, 0.4) is 0 Å². The van der Waals surface area contributed by atoms with Gasteiger partial charge in [0.2, 0.25) is 0 Å². The molecule has 3 rings (SSSR count). The van der Waals surface area contributed by atoms with Crippen molar-refractivity contribution in [1.82, 2.24) is 10.3 Å². The zero-order chi connectivity index (χ0) is 14.7. The first kappa shape index (κ1) is 14.7. The monoisotopic (exact) mass is 302 g/mol. The highest BCUT2D eigenvalue weighted by atomic mass is 32.1. The van der Waals surface area contributed by atoms with E-state index in [0.29, 0.717) is 5.92 Å². The van der Waals surface area contributed by atoms with E-state index >= 15 is 0 Å². The molecule has 0 aliphatic heterocycles. The number of benzene rings is 1. The van der Waals surface area contributed by atoms with E-state index in [1.165, 1.54) is 39.5 Å². The van der Waals surface area contributed by atoms with Crippen LogP contribution in [0, 0.1) is 6.92 Å². The van der Waals surface area contributed by atoms with E-state index in [-0.39, 0.29) is 0 Å². The van der Waals surface area contributed by atoms with Gasteiger partial charge in [0.05, 0.1) is 12.3 Å². The smallest absolute Gasteiger partial charge is 0.124 e. The fraction of sp³-hybridized carbons (Fsp3) is 0.471. The molecule has 3 nitrogen and oxygen atoms in total. The van der Waals surface area contributed by atoms with Gasteiger partial charge in [0, 0.05) is 36.6 Å². The standard InChI is InChI=1S/C17H22N2OS/c1-12-5-3-4-6-14(12)17-19-16(13-7-8-13)15(21-17)11-18-9-10-20-2/h3-6,13,18H,7-11H2,1-2H3. The molecular weight excluding hydrogens is 280 g/mol. The van der Waals surface area contributed by atoms with Gasteiger partial charge in [0.1, 0.15) is 5.01 Å². The van der Waals surface area contributed by atoms with Crippen LogP contribution in [0.2, 0.25) is 0 Å². The summed E-state index contributed by atoms with van der Waals surface area (Å²) in [6.45, 7) is 4.70. The summed E-state index contributed by atoms with van der Waals surface area (Å²) in [7, 11) is 1.74. The van der Waals surface area contributed by atoms with Crippen molar-refractivity contribution in [1.29, 1.82) is 0 Å². The van der Waals surface area contributed by atoms with Crippen LogP contribution in [0.5, 0.6) is 0 Å². The molecule has 0 bridgehead atoms. The number of nitrogens with one attached hydrogen (secondary N) is 1. The predicted molar refractivity (Wildman–Crippen MR) is 87.8 cm³/mol. The number of ether oxygens (including phenoxy) is 1. The molecule has 112 valence electrons. The van der Waals surface area contributed by atoms with Crippen LogP contribution in [-0.2, 0) is 11.3 Å². The second-order valence-corrected chi connectivity index (χ2v) is 6.67. The number of rotatable bonds is 7. The average Bonchev–Trinajstić information content (AvgIpc) is 3.25. The fourth-order valence-electron chi connectivity index (χ4n) is 2.47. The predicted octanol–water partition coefficient (Wildman–Crippen LogP) is 3.73. The maximum atomic E-state index is 5.09. The lowest BCUT2D eigenvalue weighted by Gasteiger charge is -2.03. The molecule has 21 heavy (non-hydrogen) atoms. The van der Waals surface area contributed by atoms with E-state index in [2.05, 4.69) is 36.5 Å². The van der Waals surface area contributed by atoms with Gasteiger partial charge in [-0.05, 0) is 25.3 Å². The minimum absolute atomic E-state index is 0.693. The van der Waals surface area contributed by atoms with E-state index in [9.17, 15) is 0 Å². The molecular formula is C17H22N2OS. The van der Waals surface area contributed by atoms with Crippen molar-refractivity contribution in [3.8, 4) is 10.6 Å². The molecule has 1 aliphatic rings. The Morgan fingerprint density at radius 2 is 2.14 bits per heavy atom. The van der Waals surface area contributed by atoms with Gasteiger partial charge in [-0.25, -0.2) is 4.98 Å². The molecule has 1 N–H and O–H groups in total. The van der Waals surface area contributed by atoms with Crippen molar-refractivity contribution < 1.29 is 4.74 Å². The number of thiazole rings is 1. The summed E-state index contributed by atoms with van der Waals surface area (Å²) in [6, 6.07) is 8.51. The normalized spacial score (nSPS) is 14.6. The quantitative estimate of drug-likeness (QED) is 0.791. The van der Waals surface area contributed by atoms with Crippen LogP contribution < -0.4 is 5.32 Å². The van der Waals surface area contributed by atoms with Crippen molar-refractivity contribution in [2.24, 2.45) is 0 Å². The van der Waals surface area contributed by atoms with Gasteiger partial charge in [-0.2, -0.15) is 0 Å². The first-order valence-electron chi connectivity index (χ1n) is 7.55. The number of methoxy groups -OCH3 is 1. The Labute approximate surface area is 130 Å². The van der Waals surface area contributed by atoms with E-state index in [0.717, 1.165) is 19.7 Å². The maximum absolute atomic E-state index is 5.09. The minimum atomic E-state index is 0.693. The molecule has 0 atom stereocenters. The topological polar surface area (TPSA) is 34.1 Å². The molecule has 0 saturated heterocycles. The lowest BCUT2D eigenvalue weighted by atomic mass is 10.1. The largest absolute Gasteiger partial charge is 0.383 e. The Morgan fingerprint density at radius 1 is 1.33 bits per heavy atom. The van der Waals surface area contributed by atoms with Crippen LogP contribution in [-0.4, -0.2) is 25.2 Å². The molecule has 2 aromatic rings. The number of hydrogen-bond donors (Lipinski definition) is 1. The number of hydrogen-bond acceptors (Lipinski definition) is 4. The molecule has 1 saturated carbocycles. The van der Waals surface area contributed by atoms with Crippen molar-refractivity contribution in [2.75, 3.05) is 20.3 Å². The third-order valence-electron chi connectivity index (χ3n) is 3.84. The van der Waals surface area contributed by atoms with E-state index in [1.807, 2.05) is 11.3 Å². The lowest BCUT2D eigenvalue weighted by molar-refractivity contribution is 0.199. The third kappa shape index (κ3) is 3.51. The summed E-state index contributed by atoms with van der Waals surface area (Å²) in [5.74, 6) is 0.693. The van der Waals surface area contributed by atoms with Gasteiger partial charge in [-0.15, -0.1) is 11.3 Å². The molecule has 1 aliphatic carbocycles. The van der Waals surface area contributed by atoms with Crippen LogP contribution in [0.1, 0.15) is 34.9 Å². The summed E-state index contributed by atoms with van der Waals surface area (Å²) in [6.07, 6.45) is 2.59. The highest BCUT2D eigenvalue weighted by Crippen LogP contribution is 2.44. The Balaban J connectivity index is 1.81. The van der Waals surface area contributed by atoms with Crippen LogP contribution in [0.25, 0.3) is 10.6 Å². The first-order valence-corrected chi connectivity index (χ1v) is 8.36. The Hall–Kier alpha value is -1.23. The van der Waals surface area contributed by atoms with Crippen LogP contribution in [0.15, 0.2) is 24.3 Å². The van der Waals surface area contributed by atoms with Gasteiger partial charge < -0.3 is 10.1 Å². The second-order valence-electron chi connectivity index (χ2n) is 5.59. The minimum Gasteiger partial charge on any atom is -0.383 e. The van der Waals surface area contributed by atoms with Gasteiger partial charge >= 0.3 is 0 Å². The molecule has 0 unspecified atom stereocenters. The molecule has 4 heteroatoms. The molecule has 1 aromatic heterocycles. The van der Waals surface area contributed by atoms with E-state index < -0.39 is 0 Å². The Kier molecular flexibility index (Phi) is 4.68. The SMILES string of the molecule is COCCNCc1sc(-c2ccccc2C)nc1C1CC1. The summed E-state index contributed by atoms with van der Waals surface area (Å²) in [4.78, 5) is 6.34.